The van der Waals surface area contributed by atoms with Crippen molar-refractivity contribution in [3.8, 4) is 34.0 Å². The van der Waals surface area contributed by atoms with Gasteiger partial charge in [-0.15, -0.1) is 10.2 Å². The van der Waals surface area contributed by atoms with Crippen molar-refractivity contribution in [3.05, 3.63) is 84.7 Å². The fraction of sp³-hybridized carbons (Fsp3) is 0.333. The highest BCUT2D eigenvalue weighted by atomic mass is 16.5. The average Bonchev–Trinajstić information content (AvgIpc) is 3.31. The lowest BCUT2D eigenvalue weighted by Crippen LogP contribution is -2.27. The van der Waals surface area contributed by atoms with Crippen LogP contribution in [0.15, 0.2) is 78.9 Å². The number of para-hydroxylation sites is 2. The van der Waals surface area contributed by atoms with Crippen molar-refractivity contribution in [2.24, 2.45) is 5.92 Å². The third-order valence-corrected chi connectivity index (χ3v) is 6.90. The van der Waals surface area contributed by atoms with Crippen LogP contribution in [0.4, 0.5) is 0 Å². The van der Waals surface area contributed by atoms with Crippen molar-refractivity contribution in [2.45, 2.75) is 39.0 Å². The van der Waals surface area contributed by atoms with E-state index in [0.717, 1.165) is 47.6 Å². The van der Waals surface area contributed by atoms with Gasteiger partial charge in [0.2, 0.25) is 0 Å². The van der Waals surface area contributed by atoms with Gasteiger partial charge < -0.3 is 10.1 Å². The molecule has 4 aromatic rings. The summed E-state index contributed by atoms with van der Waals surface area (Å²) < 4.78 is 8.38. The first-order chi connectivity index (χ1) is 17.3. The minimum atomic E-state index is 0.726. The van der Waals surface area contributed by atoms with Gasteiger partial charge in [0.15, 0.2) is 5.82 Å². The summed E-state index contributed by atoms with van der Waals surface area (Å²) in [5.41, 5.74) is 4.40. The topological polar surface area (TPSA) is 52.0 Å². The third-order valence-electron chi connectivity index (χ3n) is 6.90. The first kappa shape index (κ1) is 23.3. The second kappa shape index (κ2) is 11.3. The fourth-order valence-electron chi connectivity index (χ4n) is 4.93. The summed E-state index contributed by atoms with van der Waals surface area (Å²) in [5.74, 6) is 3.41. The maximum absolute atomic E-state index is 6.28. The number of unbranched alkanes of at least 4 members (excludes halogenated alkanes) is 1. The van der Waals surface area contributed by atoms with E-state index in [-0.39, 0.29) is 0 Å². The molecule has 0 atom stereocenters. The van der Waals surface area contributed by atoms with Crippen molar-refractivity contribution in [1.82, 2.24) is 20.1 Å². The first-order valence-electron chi connectivity index (χ1n) is 12.8. The fourth-order valence-corrected chi connectivity index (χ4v) is 4.93. The Morgan fingerprint density at radius 1 is 0.800 bits per heavy atom. The first-order valence-corrected chi connectivity index (χ1v) is 12.8. The van der Waals surface area contributed by atoms with Crippen LogP contribution < -0.4 is 10.1 Å². The van der Waals surface area contributed by atoms with Gasteiger partial charge in [0, 0.05) is 5.56 Å². The van der Waals surface area contributed by atoms with Gasteiger partial charge >= 0.3 is 0 Å². The summed E-state index contributed by atoms with van der Waals surface area (Å²) in [5, 5.41) is 12.4. The monoisotopic (exact) mass is 466 g/mol. The van der Waals surface area contributed by atoms with Gasteiger partial charge in [-0.25, -0.2) is 0 Å². The third kappa shape index (κ3) is 5.63. The Morgan fingerprint density at radius 3 is 2.29 bits per heavy atom. The summed E-state index contributed by atoms with van der Waals surface area (Å²) in [6, 6.07) is 27.1. The summed E-state index contributed by atoms with van der Waals surface area (Å²) in [4.78, 5) is 0. The summed E-state index contributed by atoms with van der Waals surface area (Å²) in [6.07, 6.45) is 6.22. The molecule has 0 radical (unpaired) electrons. The molecule has 0 amide bonds. The molecule has 0 bridgehead atoms. The van der Waals surface area contributed by atoms with E-state index in [1.807, 2.05) is 31.2 Å². The van der Waals surface area contributed by atoms with Crippen LogP contribution in [-0.2, 0) is 0 Å². The van der Waals surface area contributed by atoms with Gasteiger partial charge in [-0.2, -0.15) is 0 Å². The molecule has 0 aliphatic carbocycles. The standard InChI is InChI=1S/C30H34N4O/c1-23-32-33-30(27-16-14-26(15-17-27)25-10-3-2-4-11-25)34(23)28-12-5-6-13-29(28)35-22-8-7-9-24-18-20-31-21-19-24/h2-6,10-17,24,31H,7-9,18-22H2,1H3. The SMILES string of the molecule is Cc1nnc(-c2ccc(-c3ccccc3)cc2)n1-c1ccccc1OCCCCC1CCNCC1. The van der Waals surface area contributed by atoms with E-state index in [2.05, 4.69) is 74.7 Å². The predicted molar refractivity (Wildman–Crippen MR) is 142 cm³/mol. The van der Waals surface area contributed by atoms with Gasteiger partial charge in [-0.3, -0.25) is 4.57 Å². The zero-order valence-electron chi connectivity index (χ0n) is 20.5. The van der Waals surface area contributed by atoms with Crippen LogP contribution in [0.1, 0.15) is 37.9 Å². The van der Waals surface area contributed by atoms with Crippen molar-refractivity contribution >= 4 is 0 Å². The van der Waals surface area contributed by atoms with E-state index in [1.165, 1.54) is 49.9 Å². The number of rotatable bonds is 9. The van der Waals surface area contributed by atoms with E-state index >= 15 is 0 Å². The molecule has 1 aliphatic heterocycles. The van der Waals surface area contributed by atoms with Crippen LogP contribution in [0, 0.1) is 12.8 Å². The maximum atomic E-state index is 6.28. The van der Waals surface area contributed by atoms with E-state index < -0.39 is 0 Å². The molecular weight excluding hydrogens is 432 g/mol. The number of benzene rings is 3. The van der Waals surface area contributed by atoms with E-state index in [4.69, 9.17) is 4.74 Å². The summed E-state index contributed by atoms with van der Waals surface area (Å²) in [6.45, 7) is 5.06. The number of nitrogens with zero attached hydrogens (tertiary/aromatic N) is 3. The van der Waals surface area contributed by atoms with Gasteiger partial charge in [0.25, 0.3) is 0 Å². The van der Waals surface area contributed by atoms with Gasteiger partial charge in [-0.1, -0.05) is 73.2 Å². The second-order valence-corrected chi connectivity index (χ2v) is 9.35. The average molecular weight is 467 g/mol. The van der Waals surface area contributed by atoms with Crippen LogP contribution in [0.25, 0.3) is 28.2 Å². The Labute approximate surface area is 208 Å². The Morgan fingerprint density at radius 2 is 1.49 bits per heavy atom. The molecule has 1 saturated heterocycles. The Kier molecular flexibility index (Phi) is 7.54. The molecule has 1 fully saturated rings. The number of aryl methyl sites for hydroxylation is 1. The molecule has 0 unspecified atom stereocenters. The Balaban J connectivity index is 1.30. The molecule has 1 N–H and O–H groups in total. The molecule has 1 aliphatic rings. The normalized spacial score (nSPS) is 14.2. The Bertz CT molecular complexity index is 1210. The lowest BCUT2D eigenvalue weighted by Gasteiger charge is -2.22. The van der Waals surface area contributed by atoms with Crippen molar-refractivity contribution in [2.75, 3.05) is 19.7 Å². The number of nitrogens with one attached hydrogen (secondary N) is 1. The number of hydrogen-bond donors (Lipinski definition) is 1. The molecule has 180 valence electrons. The molecule has 5 heteroatoms. The number of ether oxygens (including phenoxy) is 1. The quantitative estimate of drug-likeness (QED) is 0.288. The maximum Gasteiger partial charge on any atom is 0.168 e. The molecule has 2 heterocycles. The molecule has 1 aromatic heterocycles. The van der Waals surface area contributed by atoms with Gasteiger partial charge in [-0.05, 0) is 74.9 Å². The van der Waals surface area contributed by atoms with Crippen LogP contribution in [0.5, 0.6) is 5.75 Å². The van der Waals surface area contributed by atoms with E-state index in [1.54, 1.807) is 0 Å². The van der Waals surface area contributed by atoms with E-state index in [9.17, 15) is 0 Å². The summed E-state index contributed by atoms with van der Waals surface area (Å²) >= 11 is 0. The van der Waals surface area contributed by atoms with Crippen LogP contribution in [-0.4, -0.2) is 34.5 Å². The molecular formula is C30H34N4O. The van der Waals surface area contributed by atoms with Crippen molar-refractivity contribution in [3.63, 3.8) is 0 Å². The van der Waals surface area contributed by atoms with Crippen LogP contribution in [0.3, 0.4) is 0 Å². The smallest absolute Gasteiger partial charge is 0.168 e. The lowest BCUT2D eigenvalue weighted by molar-refractivity contribution is 0.287. The molecule has 3 aromatic carbocycles. The van der Waals surface area contributed by atoms with E-state index in [0.29, 0.717) is 0 Å². The van der Waals surface area contributed by atoms with Crippen molar-refractivity contribution in [1.29, 1.82) is 0 Å². The minimum absolute atomic E-state index is 0.726. The zero-order chi connectivity index (χ0) is 23.9. The highest BCUT2D eigenvalue weighted by Gasteiger charge is 2.17. The molecule has 35 heavy (non-hydrogen) atoms. The van der Waals surface area contributed by atoms with Gasteiger partial charge in [0.05, 0.1) is 12.3 Å². The largest absolute Gasteiger partial charge is 0.491 e. The summed E-state index contributed by atoms with van der Waals surface area (Å²) in [7, 11) is 0. The zero-order valence-corrected chi connectivity index (χ0v) is 20.5. The minimum Gasteiger partial charge on any atom is -0.491 e. The number of hydrogen-bond acceptors (Lipinski definition) is 4. The van der Waals surface area contributed by atoms with Crippen molar-refractivity contribution < 1.29 is 4.74 Å². The molecule has 0 spiro atoms. The van der Waals surface area contributed by atoms with Crippen LogP contribution >= 0.6 is 0 Å². The molecule has 0 saturated carbocycles. The predicted octanol–water partition coefficient (Wildman–Crippen LogP) is 6.46. The second-order valence-electron chi connectivity index (χ2n) is 9.35. The lowest BCUT2D eigenvalue weighted by atomic mass is 9.93. The molecule has 5 rings (SSSR count). The Hall–Kier alpha value is -3.44. The highest BCUT2D eigenvalue weighted by Crippen LogP contribution is 2.30. The van der Waals surface area contributed by atoms with Gasteiger partial charge in [0.1, 0.15) is 11.6 Å². The number of aromatic nitrogens is 3. The number of piperidine rings is 1. The van der Waals surface area contributed by atoms with Crippen LogP contribution in [0.2, 0.25) is 0 Å². The molecule has 5 nitrogen and oxygen atoms in total. The highest BCUT2D eigenvalue weighted by molar-refractivity contribution is 5.69.